The number of carbonyl (C=O) groups excluding carboxylic acids is 2. The Morgan fingerprint density at radius 3 is 2.30 bits per heavy atom. The number of imide groups is 1. The molecule has 2 amide bonds. The van der Waals surface area contributed by atoms with Crippen LogP contribution in [0.4, 0.5) is 5.69 Å². The molecule has 0 unspecified atom stereocenters. The molecule has 1 aromatic rings. The summed E-state index contributed by atoms with van der Waals surface area (Å²) in [6, 6.07) is 6.08. The van der Waals surface area contributed by atoms with E-state index in [0.29, 0.717) is 0 Å². The highest BCUT2D eigenvalue weighted by atomic mass is 16.4. The van der Waals surface area contributed by atoms with Gasteiger partial charge in [0.1, 0.15) is 0 Å². The van der Waals surface area contributed by atoms with Gasteiger partial charge >= 0.3 is 5.97 Å². The van der Waals surface area contributed by atoms with Crippen molar-refractivity contribution in [1.29, 1.82) is 0 Å². The monoisotopic (exact) mass is 275 g/mol. The first kappa shape index (κ1) is 14.2. The summed E-state index contributed by atoms with van der Waals surface area (Å²) in [4.78, 5) is 36.8. The summed E-state index contributed by atoms with van der Waals surface area (Å²) in [5.74, 6) is -1.82. The molecule has 1 heterocycles. The van der Waals surface area contributed by atoms with Crippen molar-refractivity contribution in [2.45, 2.75) is 33.1 Å². The van der Waals surface area contributed by atoms with Gasteiger partial charge in [-0.05, 0) is 24.0 Å². The predicted molar refractivity (Wildman–Crippen MR) is 73.5 cm³/mol. The molecule has 0 spiro atoms. The van der Waals surface area contributed by atoms with Crippen LogP contribution in [0.2, 0.25) is 0 Å². The predicted octanol–water partition coefficient (Wildman–Crippen LogP) is 2.45. The minimum Gasteiger partial charge on any atom is -0.478 e. The van der Waals surface area contributed by atoms with Crippen molar-refractivity contribution < 1.29 is 19.5 Å². The second kappa shape index (κ2) is 5.07. The third kappa shape index (κ3) is 2.43. The quantitative estimate of drug-likeness (QED) is 0.860. The molecule has 0 saturated carbocycles. The van der Waals surface area contributed by atoms with Gasteiger partial charge in [0, 0.05) is 12.8 Å². The van der Waals surface area contributed by atoms with Gasteiger partial charge in [-0.15, -0.1) is 0 Å². The summed E-state index contributed by atoms with van der Waals surface area (Å²) < 4.78 is 0. The lowest BCUT2D eigenvalue weighted by molar-refractivity contribution is -0.133. The van der Waals surface area contributed by atoms with Crippen molar-refractivity contribution in [3.8, 4) is 0 Å². The lowest BCUT2D eigenvalue weighted by atomic mass is 9.77. The molecule has 0 atom stereocenters. The molecule has 0 radical (unpaired) electrons. The van der Waals surface area contributed by atoms with Gasteiger partial charge in [0.25, 0.3) is 0 Å². The van der Waals surface area contributed by atoms with Crippen molar-refractivity contribution in [1.82, 2.24) is 0 Å². The van der Waals surface area contributed by atoms with Crippen molar-refractivity contribution in [2.24, 2.45) is 5.41 Å². The molecule has 2 rings (SSSR count). The number of hydrogen-bond donors (Lipinski definition) is 1. The second-order valence-electron chi connectivity index (χ2n) is 5.46. The van der Waals surface area contributed by atoms with Crippen LogP contribution in [0.3, 0.4) is 0 Å². The number of carbonyl (C=O) groups is 3. The van der Waals surface area contributed by atoms with Crippen LogP contribution < -0.4 is 4.90 Å². The first-order valence-corrected chi connectivity index (χ1v) is 6.56. The number of benzene rings is 1. The van der Waals surface area contributed by atoms with Crippen LogP contribution >= 0.6 is 0 Å². The number of nitrogens with zero attached hydrogens (tertiary/aromatic N) is 1. The fraction of sp³-hybridized carbons (Fsp3) is 0.400. The van der Waals surface area contributed by atoms with E-state index in [2.05, 4.69) is 0 Å². The third-order valence-corrected chi connectivity index (χ3v) is 3.88. The Balaban J connectivity index is 2.42. The molecule has 0 bridgehead atoms. The topological polar surface area (TPSA) is 74.7 Å². The summed E-state index contributed by atoms with van der Waals surface area (Å²) in [6.07, 6.45) is 1.24. The molecule has 1 N–H and O–H groups in total. The summed E-state index contributed by atoms with van der Waals surface area (Å²) in [7, 11) is 0. The highest BCUT2D eigenvalue weighted by molar-refractivity contribution is 6.19. The van der Waals surface area contributed by atoms with Gasteiger partial charge in [0.15, 0.2) is 0 Å². The van der Waals surface area contributed by atoms with Crippen molar-refractivity contribution in [2.75, 3.05) is 4.90 Å². The van der Waals surface area contributed by atoms with Crippen LogP contribution in [0.15, 0.2) is 24.3 Å². The van der Waals surface area contributed by atoms with E-state index in [1.54, 1.807) is 12.1 Å². The maximum Gasteiger partial charge on any atom is 0.337 e. The number of piperidine rings is 1. The summed E-state index contributed by atoms with van der Waals surface area (Å²) >= 11 is 0. The highest BCUT2D eigenvalue weighted by Gasteiger charge is 2.40. The zero-order valence-corrected chi connectivity index (χ0v) is 11.5. The lowest BCUT2D eigenvalue weighted by Gasteiger charge is -2.37. The van der Waals surface area contributed by atoms with Crippen molar-refractivity contribution in [3.05, 3.63) is 29.8 Å². The van der Waals surface area contributed by atoms with Crippen LogP contribution in [0, 0.1) is 5.41 Å². The van der Waals surface area contributed by atoms with E-state index in [-0.39, 0.29) is 41.3 Å². The molecule has 5 heteroatoms. The smallest absolute Gasteiger partial charge is 0.337 e. The molecule has 0 aromatic heterocycles. The van der Waals surface area contributed by atoms with Crippen LogP contribution in [-0.4, -0.2) is 22.9 Å². The van der Waals surface area contributed by atoms with E-state index in [1.165, 1.54) is 12.1 Å². The zero-order chi connectivity index (χ0) is 14.9. The van der Waals surface area contributed by atoms with E-state index in [9.17, 15) is 14.4 Å². The second-order valence-corrected chi connectivity index (χ2v) is 5.46. The maximum atomic E-state index is 12.3. The number of hydrogen-bond acceptors (Lipinski definition) is 3. The minimum absolute atomic E-state index is 0.0331. The van der Waals surface area contributed by atoms with E-state index in [1.807, 2.05) is 13.8 Å². The molecule has 20 heavy (non-hydrogen) atoms. The van der Waals surface area contributed by atoms with Crippen molar-refractivity contribution >= 4 is 23.5 Å². The van der Waals surface area contributed by atoms with Crippen LogP contribution in [0.25, 0.3) is 0 Å². The van der Waals surface area contributed by atoms with Gasteiger partial charge in [0.2, 0.25) is 11.8 Å². The van der Waals surface area contributed by atoms with Gasteiger partial charge in [0.05, 0.1) is 11.3 Å². The number of carboxylic acids is 1. The number of carboxylic acid groups (broad SMARTS) is 1. The average molecular weight is 275 g/mol. The van der Waals surface area contributed by atoms with E-state index < -0.39 is 5.97 Å². The molecule has 1 aliphatic rings. The Morgan fingerprint density at radius 2 is 1.80 bits per heavy atom. The molecule has 1 saturated heterocycles. The molecule has 0 aliphatic carbocycles. The Kier molecular flexibility index (Phi) is 3.61. The van der Waals surface area contributed by atoms with Crippen LogP contribution in [-0.2, 0) is 9.59 Å². The number of para-hydroxylation sites is 1. The minimum atomic E-state index is -1.15. The van der Waals surface area contributed by atoms with Gasteiger partial charge in [-0.3, -0.25) is 9.59 Å². The SMILES string of the molecule is CCC1(C)CC(=O)N(c2ccccc2C(=O)O)C(=O)C1. The van der Waals surface area contributed by atoms with Crippen LogP contribution in [0.1, 0.15) is 43.5 Å². The van der Waals surface area contributed by atoms with E-state index in [4.69, 9.17) is 5.11 Å². The summed E-state index contributed by atoms with van der Waals surface area (Å²) in [6.45, 7) is 3.85. The standard InChI is InChI=1S/C15H17NO4/c1-3-15(2)8-12(17)16(13(18)9-15)11-7-5-4-6-10(11)14(19)20/h4-7H,3,8-9H2,1-2H3,(H,19,20). The largest absolute Gasteiger partial charge is 0.478 e. The van der Waals surface area contributed by atoms with E-state index in [0.717, 1.165) is 11.3 Å². The van der Waals surface area contributed by atoms with Crippen molar-refractivity contribution in [3.63, 3.8) is 0 Å². The molecule has 1 fully saturated rings. The number of amides is 2. The van der Waals surface area contributed by atoms with Gasteiger partial charge < -0.3 is 5.11 Å². The molecule has 1 aromatic carbocycles. The fourth-order valence-corrected chi connectivity index (χ4v) is 2.46. The molecule has 5 nitrogen and oxygen atoms in total. The van der Waals surface area contributed by atoms with Crippen LogP contribution in [0.5, 0.6) is 0 Å². The fourth-order valence-electron chi connectivity index (χ4n) is 2.46. The molecule has 1 aliphatic heterocycles. The third-order valence-electron chi connectivity index (χ3n) is 3.88. The Labute approximate surface area is 117 Å². The van der Waals surface area contributed by atoms with Gasteiger partial charge in [-0.2, -0.15) is 0 Å². The Bertz CT molecular complexity index is 561. The first-order chi connectivity index (χ1) is 9.38. The lowest BCUT2D eigenvalue weighted by Crippen LogP contribution is -2.47. The number of anilines is 1. The Morgan fingerprint density at radius 1 is 1.25 bits per heavy atom. The molecular weight excluding hydrogens is 258 g/mol. The highest BCUT2D eigenvalue weighted by Crippen LogP contribution is 2.37. The Hall–Kier alpha value is -2.17. The number of aromatic carboxylic acids is 1. The summed E-state index contributed by atoms with van der Waals surface area (Å²) in [5.41, 5.74) is -0.203. The number of rotatable bonds is 3. The average Bonchev–Trinajstić information content (AvgIpc) is 2.38. The van der Waals surface area contributed by atoms with Gasteiger partial charge in [-0.1, -0.05) is 26.0 Å². The first-order valence-electron chi connectivity index (χ1n) is 6.56. The van der Waals surface area contributed by atoms with Gasteiger partial charge in [-0.25, -0.2) is 9.69 Å². The normalized spacial score (nSPS) is 18.2. The van der Waals surface area contributed by atoms with E-state index >= 15 is 0 Å². The molecule has 106 valence electrons. The molecular formula is C15H17NO4. The summed E-state index contributed by atoms with van der Waals surface area (Å²) in [5, 5.41) is 9.17. The zero-order valence-electron chi connectivity index (χ0n) is 11.5. The maximum absolute atomic E-state index is 12.3.